The second kappa shape index (κ2) is 16.1. The average molecular weight is 759 g/mol. The number of allylic oxidation sites excluding steroid dienone is 4. The molecule has 4 N–H and O–H groups in total. The van der Waals surface area contributed by atoms with Crippen molar-refractivity contribution in [2.45, 2.75) is 78.7 Å². The highest BCUT2D eigenvalue weighted by Gasteiger charge is 2.51. The zero-order valence-corrected chi connectivity index (χ0v) is 31.9. The SMILES string of the molecule is CO[C@H]1/C=C/O[C@@]2(C)Oc3c(C)c(O)c4c(c3C2=O)C(=O)C=C(NC(=O)/C(C)=C\C=C\[C@H](C)[C@H](O)[C@@H](C)[C@@H](O)[C@@H](C)[C@H](OC(=O)c2cccnc2)[C@@H]1C)C4=O. The average Bonchev–Trinajstić information content (AvgIpc) is 3.43. The summed E-state index contributed by atoms with van der Waals surface area (Å²) in [5, 5.41) is 36.6. The molecule has 1 aromatic carbocycles. The number of carbonyl (C=O) groups is 5. The Bertz CT molecular complexity index is 2020. The van der Waals surface area contributed by atoms with Gasteiger partial charge in [0.15, 0.2) is 5.78 Å². The molecule has 292 valence electrons. The largest absolute Gasteiger partial charge is 0.507 e. The maximum atomic E-state index is 14.0. The first-order chi connectivity index (χ1) is 25.9. The van der Waals surface area contributed by atoms with E-state index in [2.05, 4.69) is 10.3 Å². The number of aromatic nitrogens is 1. The van der Waals surface area contributed by atoms with Crippen LogP contribution in [0.3, 0.4) is 0 Å². The first-order valence-electron chi connectivity index (χ1n) is 17.9. The molecule has 0 fully saturated rings. The molecule has 1 aliphatic carbocycles. The number of fused-ring (bicyclic) bond motifs is 14. The van der Waals surface area contributed by atoms with Crippen molar-refractivity contribution in [2.24, 2.45) is 23.7 Å². The number of amides is 1. The monoisotopic (exact) mass is 758 g/mol. The summed E-state index contributed by atoms with van der Waals surface area (Å²) < 4.78 is 23.6. The van der Waals surface area contributed by atoms with Gasteiger partial charge in [-0.3, -0.25) is 24.2 Å². The molecule has 14 nitrogen and oxygen atoms in total. The molecule has 3 aliphatic heterocycles. The third-order valence-electron chi connectivity index (χ3n) is 10.6. The molecule has 0 saturated carbocycles. The molecule has 9 atom stereocenters. The van der Waals surface area contributed by atoms with Crippen molar-refractivity contribution in [2.75, 3.05) is 7.11 Å². The van der Waals surface area contributed by atoms with Gasteiger partial charge >= 0.3 is 11.8 Å². The van der Waals surface area contributed by atoms with Gasteiger partial charge in [-0.05, 0) is 32.1 Å². The number of nitrogens with zero attached hydrogens (tertiary/aromatic N) is 1. The Morgan fingerprint density at radius 3 is 2.33 bits per heavy atom. The Hall–Kier alpha value is -5.44. The topological polar surface area (TPSA) is 208 Å². The van der Waals surface area contributed by atoms with Gasteiger partial charge < -0.3 is 39.6 Å². The third-order valence-corrected chi connectivity index (χ3v) is 10.6. The smallest absolute Gasteiger partial charge is 0.339 e. The fourth-order valence-electron chi connectivity index (χ4n) is 7.10. The summed E-state index contributed by atoms with van der Waals surface area (Å²) in [6.07, 6.45) is 6.88. The molecule has 1 amide bonds. The van der Waals surface area contributed by atoms with Gasteiger partial charge in [0.2, 0.25) is 5.78 Å². The number of aromatic hydroxyl groups is 1. The zero-order chi connectivity index (χ0) is 40.5. The highest BCUT2D eigenvalue weighted by molar-refractivity contribution is 6.30. The van der Waals surface area contributed by atoms with Crippen LogP contribution in [0.25, 0.3) is 0 Å². The van der Waals surface area contributed by atoms with Crippen LogP contribution in [0, 0.1) is 30.6 Å². The lowest BCUT2D eigenvalue weighted by molar-refractivity contribution is -0.116. The van der Waals surface area contributed by atoms with Crippen molar-refractivity contribution < 1.29 is 58.2 Å². The molecule has 0 spiro atoms. The van der Waals surface area contributed by atoms with Crippen LogP contribution in [-0.4, -0.2) is 86.8 Å². The van der Waals surface area contributed by atoms with Gasteiger partial charge in [0.1, 0.15) is 17.6 Å². The van der Waals surface area contributed by atoms with Gasteiger partial charge in [-0.15, -0.1) is 0 Å². The van der Waals surface area contributed by atoms with E-state index in [-0.39, 0.29) is 33.6 Å². The minimum Gasteiger partial charge on any atom is -0.507 e. The number of Topliss-reactive ketones (excluding diaryl/α,β-unsaturated/α-hetero) is 2. The molecule has 4 aliphatic rings. The summed E-state index contributed by atoms with van der Waals surface area (Å²) in [6, 6.07) is 3.12. The van der Waals surface area contributed by atoms with Crippen LogP contribution in [-0.2, 0) is 19.0 Å². The number of aliphatic hydroxyl groups excluding tert-OH is 2. The molecule has 4 heterocycles. The normalized spacial score (nSPS) is 32.3. The number of pyridine rings is 1. The van der Waals surface area contributed by atoms with E-state index >= 15 is 0 Å². The fraction of sp³-hybridized carbons (Fsp3) is 0.415. The van der Waals surface area contributed by atoms with E-state index in [9.17, 15) is 39.3 Å². The number of aliphatic hydroxyl groups is 2. The van der Waals surface area contributed by atoms with Crippen molar-refractivity contribution in [3.05, 3.63) is 100 Å². The van der Waals surface area contributed by atoms with Gasteiger partial charge in [0, 0.05) is 67.3 Å². The summed E-state index contributed by atoms with van der Waals surface area (Å²) in [7, 11) is 1.41. The van der Waals surface area contributed by atoms with E-state index in [0.717, 1.165) is 12.3 Å². The Kier molecular flexibility index (Phi) is 11.9. The molecular formula is C41H46N2O12. The second-order valence-electron chi connectivity index (χ2n) is 14.4. The van der Waals surface area contributed by atoms with Gasteiger partial charge in [0.25, 0.3) is 11.7 Å². The highest BCUT2D eigenvalue weighted by Crippen LogP contribution is 2.48. The number of carbonyl (C=O) groups excluding carboxylic acids is 5. The van der Waals surface area contributed by atoms with Crippen LogP contribution in [0.1, 0.15) is 88.5 Å². The number of esters is 1. The van der Waals surface area contributed by atoms with E-state index in [4.69, 9.17) is 18.9 Å². The highest BCUT2D eigenvalue weighted by atomic mass is 16.7. The lowest BCUT2D eigenvalue weighted by Crippen LogP contribution is -2.46. The Labute approximate surface area is 318 Å². The number of methoxy groups -OCH3 is 1. The summed E-state index contributed by atoms with van der Waals surface area (Å²) in [4.78, 5) is 71.7. The van der Waals surface area contributed by atoms with E-state index in [1.54, 1.807) is 45.9 Å². The zero-order valence-electron chi connectivity index (χ0n) is 31.9. The van der Waals surface area contributed by atoms with E-state index in [0.29, 0.717) is 0 Å². The molecule has 0 radical (unpaired) electrons. The summed E-state index contributed by atoms with van der Waals surface area (Å²) in [5.41, 5.74) is -1.19. The molecule has 55 heavy (non-hydrogen) atoms. The van der Waals surface area contributed by atoms with Crippen LogP contribution in [0.5, 0.6) is 11.5 Å². The summed E-state index contributed by atoms with van der Waals surface area (Å²) >= 11 is 0. The maximum Gasteiger partial charge on any atom is 0.339 e. The van der Waals surface area contributed by atoms with Gasteiger partial charge in [-0.2, -0.15) is 0 Å². The van der Waals surface area contributed by atoms with Gasteiger partial charge in [-0.25, -0.2) is 4.79 Å². The standard InChI is InChI=1S/C41H46N2O12/c1-19-11-9-12-20(2)39(50)43-26-17-27(44)29-30(35(26)48)34(47)24(6)37-31(29)38(49)41(7,55-37)53-16-14-28(52-8)21(3)36(23(5)33(46)22(4)32(19)45)54-40(51)25-13-10-15-42-18-25/h9-19,21-23,28,32-33,36,45-47H,1-8H3,(H,43,50)/b11-9+,16-14+,20-12-/t19-,21+,22+,23+,28-,32-,33+,36+,41-/m0/s1. The molecule has 14 heteroatoms. The molecule has 1 aromatic heterocycles. The minimum absolute atomic E-state index is 0.00129. The number of ether oxygens (including phenoxy) is 4. The molecule has 0 saturated heterocycles. The summed E-state index contributed by atoms with van der Waals surface area (Å²) in [5.74, 6) is -9.43. The number of hydrogen-bond acceptors (Lipinski definition) is 13. The fourth-order valence-corrected chi connectivity index (χ4v) is 7.10. The van der Waals surface area contributed by atoms with Gasteiger partial charge in [-0.1, -0.05) is 45.9 Å². The van der Waals surface area contributed by atoms with Crippen LogP contribution in [0.4, 0.5) is 0 Å². The minimum atomic E-state index is -2.06. The van der Waals surface area contributed by atoms with Crippen molar-refractivity contribution in [3.8, 4) is 11.5 Å². The number of ketones is 3. The second-order valence-corrected chi connectivity index (χ2v) is 14.4. The van der Waals surface area contributed by atoms with Crippen molar-refractivity contribution >= 4 is 29.2 Å². The Morgan fingerprint density at radius 1 is 0.964 bits per heavy atom. The van der Waals surface area contributed by atoms with E-state index < -0.39 is 100 Å². The molecule has 5 bridgehead atoms. The number of nitrogens with one attached hydrogen (secondary N) is 1. The van der Waals surface area contributed by atoms with Crippen molar-refractivity contribution in [1.29, 1.82) is 0 Å². The van der Waals surface area contributed by atoms with Crippen LogP contribution in [0.2, 0.25) is 0 Å². The number of rotatable bonds is 3. The Balaban J connectivity index is 1.59. The van der Waals surface area contributed by atoms with Gasteiger partial charge in [0.05, 0.1) is 52.5 Å². The van der Waals surface area contributed by atoms with Crippen LogP contribution in [0.15, 0.2) is 72.4 Å². The predicted octanol–water partition coefficient (Wildman–Crippen LogP) is 4.32. The van der Waals surface area contributed by atoms with Crippen molar-refractivity contribution in [3.63, 3.8) is 0 Å². The number of benzene rings is 1. The lowest BCUT2D eigenvalue weighted by atomic mass is 9.78. The maximum absolute atomic E-state index is 14.0. The number of phenols is 1. The Morgan fingerprint density at radius 2 is 1.67 bits per heavy atom. The van der Waals surface area contributed by atoms with Crippen LogP contribution >= 0.6 is 0 Å². The molecule has 2 aromatic rings. The first kappa shape index (κ1) is 40.7. The summed E-state index contributed by atoms with van der Waals surface area (Å²) in [6.45, 7) is 11.0. The number of phenolic OH excluding ortho intramolecular Hbond substituents is 1. The third kappa shape index (κ3) is 7.75. The van der Waals surface area contributed by atoms with E-state index in [1.165, 1.54) is 58.5 Å². The molecular weight excluding hydrogens is 712 g/mol. The number of hydrogen-bond donors (Lipinski definition) is 4. The van der Waals surface area contributed by atoms with Crippen LogP contribution < -0.4 is 10.1 Å². The first-order valence-corrected chi connectivity index (χ1v) is 17.9. The quantitative estimate of drug-likeness (QED) is 0.322. The molecule has 0 unspecified atom stereocenters. The van der Waals surface area contributed by atoms with Crippen molar-refractivity contribution in [1.82, 2.24) is 10.3 Å². The lowest BCUT2D eigenvalue weighted by Gasteiger charge is -2.38. The predicted molar refractivity (Wildman–Crippen MR) is 197 cm³/mol. The molecule has 6 rings (SSSR count). The van der Waals surface area contributed by atoms with E-state index in [1.807, 2.05) is 0 Å².